The third-order valence-electron chi connectivity index (χ3n) is 10.3. The zero-order valence-corrected chi connectivity index (χ0v) is 27.4. The first-order valence-corrected chi connectivity index (χ1v) is 17.3. The van der Waals surface area contributed by atoms with Crippen molar-refractivity contribution in [2.75, 3.05) is 4.90 Å². The SMILES string of the molecule is C1=CC2c3ccc4c5ccccc5n(-c5cccc(-c6cc(-c7ccccc7)nc(-c7ccccc7)c6)c5)c4c3N(c3ccccc3)C2C=C1. The van der Waals surface area contributed by atoms with Crippen molar-refractivity contribution in [3.63, 3.8) is 0 Å². The van der Waals surface area contributed by atoms with E-state index in [4.69, 9.17) is 4.98 Å². The molecule has 0 radical (unpaired) electrons. The van der Waals surface area contributed by atoms with E-state index in [1.165, 1.54) is 38.7 Å². The van der Waals surface area contributed by atoms with E-state index in [0.29, 0.717) is 0 Å². The van der Waals surface area contributed by atoms with Crippen LogP contribution < -0.4 is 4.90 Å². The predicted molar refractivity (Wildman–Crippen MR) is 208 cm³/mol. The Morgan fingerprint density at radius 1 is 0.460 bits per heavy atom. The Bertz CT molecular complexity index is 2540. The van der Waals surface area contributed by atoms with E-state index < -0.39 is 0 Å². The summed E-state index contributed by atoms with van der Waals surface area (Å²) in [5.74, 6) is 0.280. The molecule has 3 nitrogen and oxygen atoms in total. The standard InChI is InChI=1S/C47H33N3/c1-4-15-32(16-5-1)42-30-35(31-43(48-42)33-17-6-2-7-18-33)34-19-14-22-37(29-34)50-45-26-13-11-24-39(45)41-28-27-40-38-23-10-12-25-44(38)49(46(40)47(41)50)36-20-8-3-9-21-36/h1-31,38,44H. The summed E-state index contributed by atoms with van der Waals surface area (Å²) in [5.41, 5.74) is 13.8. The van der Waals surface area contributed by atoms with Crippen LogP contribution in [-0.4, -0.2) is 15.6 Å². The van der Waals surface area contributed by atoms with Crippen molar-refractivity contribution in [1.82, 2.24) is 9.55 Å². The molecular weight excluding hydrogens is 607 g/mol. The van der Waals surface area contributed by atoms with Crippen molar-refractivity contribution in [2.45, 2.75) is 12.0 Å². The second-order valence-electron chi connectivity index (χ2n) is 13.2. The Labute approximate surface area is 291 Å². The highest BCUT2D eigenvalue weighted by Gasteiger charge is 2.39. The van der Waals surface area contributed by atoms with Gasteiger partial charge in [-0.05, 0) is 59.2 Å². The largest absolute Gasteiger partial charge is 0.332 e. The van der Waals surface area contributed by atoms with Crippen LogP contribution in [0.1, 0.15) is 11.5 Å². The van der Waals surface area contributed by atoms with Gasteiger partial charge in [-0.25, -0.2) is 4.98 Å². The van der Waals surface area contributed by atoms with Gasteiger partial charge < -0.3 is 9.47 Å². The molecule has 1 aliphatic heterocycles. The van der Waals surface area contributed by atoms with E-state index in [1.807, 2.05) is 0 Å². The first kappa shape index (κ1) is 28.6. The van der Waals surface area contributed by atoms with E-state index >= 15 is 0 Å². The van der Waals surface area contributed by atoms with Crippen LogP contribution in [0.3, 0.4) is 0 Å². The molecule has 0 bridgehead atoms. The minimum Gasteiger partial charge on any atom is -0.332 e. The van der Waals surface area contributed by atoms with Crippen molar-refractivity contribution in [2.24, 2.45) is 0 Å². The van der Waals surface area contributed by atoms with Gasteiger partial charge in [0.25, 0.3) is 0 Å². The van der Waals surface area contributed by atoms with Gasteiger partial charge >= 0.3 is 0 Å². The first-order valence-electron chi connectivity index (χ1n) is 17.3. The summed E-state index contributed by atoms with van der Waals surface area (Å²) in [4.78, 5) is 7.70. The fraction of sp³-hybridized carbons (Fsp3) is 0.0426. The number of hydrogen-bond acceptors (Lipinski definition) is 2. The quantitative estimate of drug-likeness (QED) is 0.187. The Morgan fingerprint density at radius 2 is 1.08 bits per heavy atom. The minimum atomic E-state index is 0.213. The monoisotopic (exact) mass is 639 g/mol. The summed E-state index contributed by atoms with van der Waals surface area (Å²) in [6, 6.07) is 59.0. The van der Waals surface area contributed by atoms with Gasteiger partial charge in [0.15, 0.2) is 0 Å². The van der Waals surface area contributed by atoms with E-state index in [2.05, 4.69) is 198 Å². The van der Waals surface area contributed by atoms with E-state index in [-0.39, 0.29) is 12.0 Å². The number of para-hydroxylation sites is 2. The second-order valence-corrected chi connectivity index (χ2v) is 13.2. The van der Waals surface area contributed by atoms with Gasteiger partial charge in [-0.1, -0.05) is 146 Å². The molecule has 1 aliphatic carbocycles. The molecule has 50 heavy (non-hydrogen) atoms. The summed E-state index contributed by atoms with van der Waals surface area (Å²) < 4.78 is 2.49. The molecule has 3 heteroatoms. The van der Waals surface area contributed by atoms with Crippen molar-refractivity contribution in [3.05, 3.63) is 194 Å². The van der Waals surface area contributed by atoms with Gasteiger partial charge in [0.05, 0.1) is 34.2 Å². The van der Waals surface area contributed by atoms with Crippen LogP contribution in [-0.2, 0) is 0 Å². The molecule has 2 unspecified atom stereocenters. The fourth-order valence-corrected chi connectivity index (χ4v) is 8.05. The van der Waals surface area contributed by atoms with Crippen molar-refractivity contribution < 1.29 is 0 Å². The van der Waals surface area contributed by atoms with Crippen molar-refractivity contribution in [3.8, 4) is 39.3 Å². The zero-order valence-electron chi connectivity index (χ0n) is 27.4. The van der Waals surface area contributed by atoms with E-state index in [9.17, 15) is 0 Å². The molecule has 10 rings (SSSR count). The van der Waals surface area contributed by atoms with Crippen LogP contribution in [0.25, 0.3) is 61.1 Å². The number of pyridine rings is 1. The molecule has 0 N–H and O–H groups in total. The fourth-order valence-electron chi connectivity index (χ4n) is 8.05. The molecule has 2 atom stereocenters. The second kappa shape index (κ2) is 11.6. The molecule has 0 amide bonds. The predicted octanol–water partition coefficient (Wildman–Crippen LogP) is 11.9. The third kappa shape index (κ3) is 4.55. The lowest BCUT2D eigenvalue weighted by Crippen LogP contribution is -2.28. The Balaban J connectivity index is 1.22. The molecular formula is C47H33N3. The van der Waals surface area contributed by atoms with Crippen LogP contribution in [0.4, 0.5) is 11.4 Å². The number of hydrogen-bond donors (Lipinski definition) is 0. The smallest absolute Gasteiger partial charge is 0.0782 e. The maximum atomic E-state index is 5.14. The average Bonchev–Trinajstić information content (AvgIpc) is 3.72. The Morgan fingerprint density at radius 3 is 1.82 bits per heavy atom. The van der Waals surface area contributed by atoms with Crippen LogP contribution >= 0.6 is 0 Å². The van der Waals surface area contributed by atoms with Crippen LogP contribution in [0.5, 0.6) is 0 Å². The van der Waals surface area contributed by atoms with Gasteiger partial charge in [-0.15, -0.1) is 0 Å². The van der Waals surface area contributed by atoms with Gasteiger partial charge in [0.1, 0.15) is 0 Å². The number of nitrogens with zero attached hydrogens (tertiary/aromatic N) is 3. The number of rotatable bonds is 5. The summed E-state index contributed by atoms with van der Waals surface area (Å²) >= 11 is 0. The highest BCUT2D eigenvalue weighted by Crippen LogP contribution is 2.52. The highest BCUT2D eigenvalue weighted by molar-refractivity contribution is 6.15. The van der Waals surface area contributed by atoms with Crippen LogP contribution in [0.15, 0.2) is 188 Å². The van der Waals surface area contributed by atoms with Crippen LogP contribution in [0.2, 0.25) is 0 Å². The lowest BCUT2D eigenvalue weighted by atomic mass is 9.91. The number of fused-ring (bicyclic) bond motifs is 7. The minimum absolute atomic E-state index is 0.213. The van der Waals surface area contributed by atoms with Gasteiger partial charge in [0, 0.05) is 39.2 Å². The molecule has 8 aromatic rings. The molecule has 6 aromatic carbocycles. The summed E-state index contributed by atoms with van der Waals surface area (Å²) in [6.07, 6.45) is 9.12. The number of anilines is 2. The summed E-state index contributed by atoms with van der Waals surface area (Å²) in [6.45, 7) is 0. The average molecular weight is 640 g/mol. The number of allylic oxidation sites excluding steroid dienone is 2. The van der Waals surface area contributed by atoms with E-state index in [0.717, 1.165) is 39.3 Å². The zero-order chi connectivity index (χ0) is 33.0. The molecule has 0 saturated carbocycles. The lowest BCUT2D eigenvalue weighted by molar-refractivity contribution is 0.745. The number of benzene rings is 6. The van der Waals surface area contributed by atoms with Gasteiger partial charge in [0.2, 0.25) is 0 Å². The lowest BCUT2D eigenvalue weighted by Gasteiger charge is -2.29. The third-order valence-corrected chi connectivity index (χ3v) is 10.3. The maximum Gasteiger partial charge on any atom is 0.0782 e. The molecule has 0 spiro atoms. The van der Waals surface area contributed by atoms with Crippen molar-refractivity contribution >= 4 is 33.2 Å². The molecule has 3 heterocycles. The van der Waals surface area contributed by atoms with Gasteiger partial charge in [-0.3, -0.25) is 0 Å². The summed E-state index contributed by atoms with van der Waals surface area (Å²) in [5, 5.41) is 2.52. The van der Waals surface area contributed by atoms with E-state index in [1.54, 1.807) is 0 Å². The Kier molecular flexibility index (Phi) is 6.63. The van der Waals surface area contributed by atoms with Gasteiger partial charge in [-0.2, -0.15) is 0 Å². The van der Waals surface area contributed by atoms with Crippen LogP contribution in [0, 0.1) is 0 Å². The highest BCUT2D eigenvalue weighted by atomic mass is 15.2. The molecule has 2 aromatic heterocycles. The topological polar surface area (TPSA) is 21.1 Å². The molecule has 0 saturated heterocycles. The molecule has 0 fully saturated rings. The molecule has 2 aliphatic rings. The maximum absolute atomic E-state index is 5.14. The number of aromatic nitrogens is 2. The first-order chi connectivity index (χ1) is 24.8. The Hall–Kier alpha value is -6.45. The van der Waals surface area contributed by atoms with Crippen molar-refractivity contribution in [1.29, 1.82) is 0 Å². The molecule has 236 valence electrons. The summed E-state index contributed by atoms with van der Waals surface area (Å²) in [7, 11) is 0. The normalized spacial score (nSPS) is 16.2.